The number of nitrogens with one attached hydrogen (secondary N) is 2. The number of carbonyl (C=O) groups is 3. The normalized spacial score (nSPS) is 13.2. The Morgan fingerprint density at radius 1 is 0.846 bits per heavy atom. The first-order valence-electron chi connectivity index (χ1n) is 11.5. The number of alkyl carbamates (subject to hydrolysis) is 1. The second-order valence-corrected chi connectivity index (χ2v) is 11.7. The predicted molar refractivity (Wildman–Crippen MR) is 158 cm³/mol. The van der Waals surface area contributed by atoms with E-state index >= 15 is 0 Å². The third-order valence-corrected chi connectivity index (χ3v) is 7.13. The van der Waals surface area contributed by atoms with Crippen LogP contribution >= 0.6 is 62.3 Å². The number of hydrogen-bond acceptors (Lipinski definition) is 7. The highest BCUT2D eigenvalue weighted by Gasteiger charge is 2.24. The molecular weight excluding hydrogens is 658 g/mol. The minimum absolute atomic E-state index is 0.273. The van der Waals surface area contributed by atoms with E-state index in [1.807, 2.05) is 0 Å². The number of hydrogen-bond donors (Lipinski definition) is 2. The van der Waals surface area contributed by atoms with Gasteiger partial charge in [-0.1, -0.05) is 74.5 Å². The SMILES string of the molecule is COC(=O)C(Br)c1ccc(Cl)c(Cl)c1.COC(=O)C(NC[C@@H](C)NC(=O)OC(C)(C)C)c1ccc(Cl)c(Cl)c1. The molecule has 0 aromatic heterocycles. The highest BCUT2D eigenvalue weighted by Crippen LogP contribution is 2.30. The van der Waals surface area contributed by atoms with Crippen LogP contribution < -0.4 is 10.6 Å². The number of methoxy groups -OCH3 is 2. The van der Waals surface area contributed by atoms with Gasteiger partial charge in [0, 0.05) is 12.6 Å². The van der Waals surface area contributed by atoms with Gasteiger partial charge in [-0.05, 0) is 63.1 Å². The Morgan fingerprint density at radius 3 is 1.79 bits per heavy atom. The van der Waals surface area contributed by atoms with Crippen LogP contribution in [-0.2, 0) is 23.8 Å². The van der Waals surface area contributed by atoms with Crippen molar-refractivity contribution in [2.75, 3.05) is 20.8 Å². The molecule has 216 valence electrons. The van der Waals surface area contributed by atoms with Gasteiger partial charge >= 0.3 is 18.0 Å². The molecule has 0 fully saturated rings. The van der Waals surface area contributed by atoms with Gasteiger partial charge in [-0.15, -0.1) is 0 Å². The van der Waals surface area contributed by atoms with E-state index in [0.29, 0.717) is 37.8 Å². The van der Waals surface area contributed by atoms with Crippen molar-refractivity contribution in [3.8, 4) is 0 Å². The molecule has 3 atom stereocenters. The minimum atomic E-state index is -0.734. The molecule has 2 N–H and O–H groups in total. The molecule has 8 nitrogen and oxygen atoms in total. The van der Waals surface area contributed by atoms with Gasteiger partial charge in [0.25, 0.3) is 0 Å². The van der Waals surface area contributed by atoms with E-state index in [1.165, 1.54) is 14.2 Å². The zero-order valence-corrected chi connectivity index (χ0v) is 26.9. The van der Waals surface area contributed by atoms with E-state index < -0.39 is 28.5 Å². The van der Waals surface area contributed by atoms with Crippen LogP contribution in [0, 0.1) is 0 Å². The zero-order valence-electron chi connectivity index (χ0n) is 22.2. The molecule has 0 bridgehead atoms. The van der Waals surface area contributed by atoms with Crippen molar-refractivity contribution in [2.24, 2.45) is 0 Å². The summed E-state index contributed by atoms with van der Waals surface area (Å²) in [7, 11) is 2.63. The molecule has 2 unspecified atom stereocenters. The standard InChI is InChI=1S/C17H24Cl2N2O4.C9H7BrCl2O2/c1-10(21-16(23)25-17(2,3)4)9-20-14(15(22)24-5)11-6-7-12(18)13(19)8-11;1-14-9(13)8(10)5-2-3-6(11)7(12)4-5/h6-8,10,14,20H,9H2,1-5H3,(H,21,23);2-4,8H,1H3/t10-,14?;/m1./s1. The molecule has 1 amide bonds. The molecule has 2 rings (SSSR count). The van der Waals surface area contributed by atoms with Gasteiger partial charge in [-0.2, -0.15) is 0 Å². The number of rotatable bonds is 8. The number of ether oxygens (including phenoxy) is 3. The average molecular weight is 689 g/mol. The maximum Gasteiger partial charge on any atom is 0.407 e. The summed E-state index contributed by atoms with van der Waals surface area (Å²) in [6.45, 7) is 7.46. The summed E-state index contributed by atoms with van der Waals surface area (Å²) in [6, 6.07) is 8.87. The number of carbonyl (C=O) groups excluding carboxylic acids is 3. The van der Waals surface area contributed by atoms with Crippen LogP contribution in [0.4, 0.5) is 4.79 Å². The predicted octanol–water partition coefficient (Wildman–Crippen LogP) is 7.31. The fraction of sp³-hybridized carbons (Fsp3) is 0.423. The van der Waals surface area contributed by atoms with E-state index in [1.54, 1.807) is 64.1 Å². The number of esters is 2. The number of alkyl halides is 1. The summed E-state index contributed by atoms with van der Waals surface area (Å²) in [5, 5.41) is 7.36. The van der Waals surface area contributed by atoms with E-state index in [2.05, 4.69) is 31.3 Å². The molecule has 0 radical (unpaired) electrons. The monoisotopic (exact) mass is 686 g/mol. The topological polar surface area (TPSA) is 103 Å². The van der Waals surface area contributed by atoms with Gasteiger partial charge in [0.2, 0.25) is 0 Å². The third kappa shape index (κ3) is 12.5. The van der Waals surface area contributed by atoms with Gasteiger partial charge in [0.05, 0.1) is 34.3 Å². The first kappa shape index (κ1) is 35.3. The van der Waals surface area contributed by atoms with Gasteiger partial charge in [-0.25, -0.2) is 9.59 Å². The first-order chi connectivity index (χ1) is 18.1. The Balaban J connectivity index is 0.000000457. The minimum Gasteiger partial charge on any atom is -0.468 e. The molecule has 0 aliphatic carbocycles. The van der Waals surface area contributed by atoms with Crippen LogP contribution in [0.1, 0.15) is 49.7 Å². The van der Waals surface area contributed by atoms with Crippen LogP contribution in [0.15, 0.2) is 36.4 Å². The molecule has 2 aromatic rings. The maximum absolute atomic E-state index is 12.1. The molecule has 2 aromatic carbocycles. The maximum atomic E-state index is 12.1. The molecule has 0 saturated carbocycles. The molecule has 13 heteroatoms. The summed E-state index contributed by atoms with van der Waals surface area (Å²) in [6.07, 6.45) is -0.522. The second kappa shape index (κ2) is 16.5. The van der Waals surface area contributed by atoms with E-state index in [0.717, 1.165) is 0 Å². The summed E-state index contributed by atoms with van der Waals surface area (Å²) in [5.41, 5.74) is 0.753. The smallest absolute Gasteiger partial charge is 0.407 e. The molecular formula is C26H31BrCl4N2O6. The molecule has 0 saturated heterocycles. The van der Waals surface area contributed by atoms with Crippen LogP contribution in [0.3, 0.4) is 0 Å². The molecule has 0 spiro atoms. The Morgan fingerprint density at radius 2 is 1.33 bits per heavy atom. The van der Waals surface area contributed by atoms with E-state index in [4.69, 9.17) is 55.9 Å². The quantitative estimate of drug-likeness (QED) is 0.170. The highest BCUT2D eigenvalue weighted by atomic mass is 79.9. The summed E-state index contributed by atoms with van der Waals surface area (Å²) >= 11 is 26.7. The lowest BCUT2D eigenvalue weighted by Crippen LogP contribution is -2.44. The molecule has 0 aliphatic heterocycles. The van der Waals surface area contributed by atoms with Crippen molar-refractivity contribution < 1.29 is 28.6 Å². The van der Waals surface area contributed by atoms with Gasteiger partial charge in [0.15, 0.2) is 0 Å². The van der Waals surface area contributed by atoms with Crippen LogP contribution in [0.2, 0.25) is 20.1 Å². The van der Waals surface area contributed by atoms with Crippen LogP contribution in [0.5, 0.6) is 0 Å². The zero-order chi connectivity index (χ0) is 29.9. The van der Waals surface area contributed by atoms with Crippen molar-refractivity contribution in [1.82, 2.24) is 10.6 Å². The van der Waals surface area contributed by atoms with E-state index in [9.17, 15) is 14.4 Å². The number of benzene rings is 2. The highest BCUT2D eigenvalue weighted by molar-refractivity contribution is 9.09. The van der Waals surface area contributed by atoms with Gasteiger partial charge in [0.1, 0.15) is 16.5 Å². The Kier molecular flexibility index (Phi) is 14.9. The Bertz CT molecular complexity index is 1150. The fourth-order valence-electron chi connectivity index (χ4n) is 2.91. The van der Waals surface area contributed by atoms with Gasteiger partial charge in [-0.3, -0.25) is 10.1 Å². The lowest BCUT2D eigenvalue weighted by atomic mass is 10.1. The average Bonchev–Trinajstić information content (AvgIpc) is 2.85. The molecule has 39 heavy (non-hydrogen) atoms. The first-order valence-corrected chi connectivity index (χ1v) is 13.9. The lowest BCUT2D eigenvalue weighted by molar-refractivity contribution is -0.143. The van der Waals surface area contributed by atoms with Crippen molar-refractivity contribution in [2.45, 2.75) is 50.2 Å². The van der Waals surface area contributed by atoms with Crippen LogP contribution in [-0.4, -0.2) is 50.4 Å². The Hall–Kier alpha value is -1.75. The number of halogens is 5. The molecule has 0 aliphatic rings. The molecule has 0 heterocycles. The van der Waals surface area contributed by atoms with Crippen molar-refractivity contribution >= 4 is 80.4 Å². The van der Waals surface area contributed by atoms with E-state index in [-0.39, 0.29) is 12.0 Å². The summed E-state index contributed by atoms with van der Waals surface area (Å²) in [5.74, 6) is -0.841. The van der Waals surface area contributed by atoms with Crippen molar-refractivity contribution in [1.29, 1.82) is 0 Å². The summed E-state index contributed by atoms with van der Waals surface area (Å²) < 4.78 is 14.6. The van der Waals surface area contributed by atoms with Crippen molar-refractivity contribution in [3.05, 3.63) is 67.6 Å². The lowest BCUT2D eigenvalue weighted by Gasteiger charge is -2.23. The van der Waals surface area contributed by atoms with Crippen molar-refractivity contribution in [3.63, 3.8) is 0 Å². The second-order valence-electron chi connectivity index (χ2n) is 9.14. The summed E-state index contributed by atoms with van der Waals surface area (Å²) in [4.78, 5) is 34.5. The van der Waals surface area contributed by atoms with Crippen LogP contribution in [0.25, 0.3) is 0 Å². The fourth-order valence-corrected chi connectivity index (χ4v) is 4.00. The largest absolute Gasteiger partial charge is 0.468 e. The third-order valence-electron chi connectivity index (χ3n) is 4.75. The number of amides is 1. The Labute approximate surface area is 257 Å². The van der Waals surface area contributed by atoms with Gasteiger partial charge < -0.3 is 19.5 Å².